The zero-order valence-corrected chi connectivity index (χ0v) is 13.8. The molecular formula is C17H24O5. The summed E-state index contributed by atoms with van der Waals surface area (Å²) in [7, 11) is 2.83. The van der Waals surface area contributed by atoms with Gasteiger partial charge in [-0.05, 0) is 37.3 Å². The lowest BCUT2D eigenvalue weighted by molar-refractivity contribution is -0.157. The lowest BCUT2D eigenvalue weighted by atomic mass is 9.60. The van der Waals surface area contributed by atoms with Gasteiger partial charge in [0.25, 0.3) is 0 Å². The Balaban J connectivity index is 2.52. The number of ketones is 1. The molecule has 5 nitrogen and oxygen atoms in total. The summed E-state index contributed by atoms with van der Waals surface area (Å²) in [5, 5.41) is 10.5. The predicted molar refractivity (Wildman–Crippen MR) is 81.1 cm³/mol. The van der Waals surface area contributed by atoms with Gasteiger partial charge in [0.1, 0.15) is 0 Å². The number of hydrogen-bond donors (Lipinski definition) is 1. The quantitative estimate of drug-likeness (QED) is 0.805. The minimum absolute atomic E-state index is 0.0780. The minimum atomic E-state index is -1.95. The van der Waals surface area contributed by atoms with Crippen molar-refractivity contribution in [2.24, 2.45) is 11.3 Å². The highest BCUT2D eigenvalue weighted by Gasteiger charge is 2.48. The summed E-state index contributed by atoms with van der Waals surface area (Å²) in [6.07, 6.45) is 4.97. The van der Waals surface area contributed by atoms with Gasteiger partial charge in [0.15, 0.2) is 11.4 Å². The molecule has 0 heterocycles. The van der Waals surface area contributed by atoms with Crippen LogP contribution in [0.25, 0.3) is 0 Å². The van der Waals surface area contributed by atoms with Crippen molar-refractivity contribution in [3.8, 4) is 0 Å². The van der Waals surface area contributed by atoms with E-state index in [0.29, 0.717) is 0 Å². The summed E-state index contributed by atoms with van der Waals surface area (Å²) < 4.78 is 10.1. The summed E-state index contributed by atoms with van der Waals surface area (Å²) in [6, 6.07) is 0. The molecule has 2 aliphatic rings. The van der Waals surface area contributed by atoms with Crippen molar-refractivity contribution in [3.05, 3.63) is 23.3 Å². The molecule has 0 aromatic carbocycles. The van der Waals surface area contributed by atoms with E-state index in [9.17, 15) is 14.7 Å². The Morgan fingerprint density at radius 3 is 2.59 bits per heavy atom. The van der Waals surface area contributed by atoms with Crippen molar-refractivity contribution < 1.29 is 24.2 Å². The van der Waals surface area contributed by atoms with Crippen molar-refractivity contribution in [2.45, 2.75) is 45.3 Å². The van der Waals surface area contributed by atoms with Crippen LogP contribution in [-0.4, -0.2) is 42.8 Å². The SMILES string of the molecule is COC(=O)C(C)(O)C1=CC2(C)C(=CC1=O)C(OC)CCC2C. The Kier molecular flexibility index (Phi) is 4.33. The van der Waals surface area contributed by atoms with E-state index in [2.05, 4.69) is 11.7 Å². The lowest BCUT2D eigenvalue weighted by Gasteiger charge is -2.46. The first-order valence-corrected chi connectivity index (χ1v) is 7.51. The molecule has 0 spiro atoms. The van der Waals surface area contributed by atoms with Crippen molar-refractivity contribution >= 4 is 11.8 Å². The molecule has 0 aliphatic heterocycles. The fourth-order valence-corrected chi connectivity index (χ4v) is 3.49. The second kappa shape index (κ2) is 5.63. The smallest absolute Gasteiger partial charge is 0.342 e. The Morgan fingerprint density at radius 2 is 2.05 bits per heavy atom. The molecule has 5 heteroatoms. The number of methoxy groups -OCH3 is 2. The number of aliphatic hydroxyl groups is 1. The first-order valence-electron chi connectivity index (χ1n) is 7.51. The van der Waals surface area contributed by atoms with Gasteiger partial charge in [0, 0.05) is 18.1 Å². The van der Waals surface area contributed by atoms with E-state index in [1.165, 1.54) is 20.1 Å². The molecule has 22 heavy (non-hydrogen) atoms. The summed E-state index contributed by atoms with van der Waals surface area (Å²) in [6.45, 7) is 5.43. The zero-order valence-electron chi connectivity index (χ0n) is 13.8. The third-order valence-electron chi connectivity index (χ3n) is 5.24. The Labute approximate surface area is 131 Å². The minimum Gasteiger partial charge on any atom is -0.467 e. The Morgan fingerprint density at radius 1 is 1.41 bits per heavy atom. The number of rotatable bonds is 3. The number of carbonyl (C=O) groups is 2. The van der Waals surface area contributed by atoms with Gasteiger partial charge in [-0.3, -0.25) is 4.79 Å². The van der Waals surface area contributed by atoms with Gasteiger partial charge in [-0.15, -0.1) is 0 Å². The third kappa shape index (κ3) is 2.42. The molecule has 0 aromatic heterocycles. The zero-order chi connectivity index (χ0) is 16.7. The first kappa shape index (κ1) is 16.9. The van der Waals surface area contributed by atoms with Crippen LogP contribution in [0.4, 0.5) is 0 Å². The molecule has 2 aliphatic carbocycles. The van der Waals surface area contributed by atoms with E-state index >= 15 is 0 Å². The summed E-state index contributed by atoms with van der Waals surface area (Å²) in [5.41, 5.74) is -1.37. The van der Waals surface area contributed by atoms with Gasteiger partial charge in [-0.25, -0.2) is 4.79 Å². The highest BCUT2D eigenvalue weighted by molar-refractivity contribution is 6.11. The van der Waals surface area contributed by atoms with Gasteiger partial charge in [-0.2, -0.15) is 0 Å². The largest absolute Gasteiger partial charge is 0.467 e. The van der Waals surface area contributed by atoms with E-state index < -0.39 is 17.0 Å². The van der Waals surface area contributed by atoms with E-state index in [1.807, 2.05) is 6.92 Å². The fourth-order valence-electron chi connectivity index (χ4n) is 3.49. The molecule has 1 N–H and O–H groups in total. The van der Waals surface area contributed by atoms with Gasteiger partial charge >= 0.3 is 5.97 Å². The number of ether oxygens (including phenoxy) is 2. The van der Waals surface area contributed by atoms with Crippen molar-refractivity contribution in [1.29, 1.82) is 0 Å². The molecule has 2 rings (SSSR count). The van der Waals surface area contributed by atoms with E-state index in [0.717, 1.165) is 18.4 Å². The highest BCUT2D eigenvalue weighted by atomic mass is 16.5. The number of carbonyl (C=O) groups excluding carboxylic acids is 2. The van der Waals surface area contributed by atoms with Crippen LogP contribution >= 0.6 is 0 Å². The number of fused-ring (bicyclic) bond motifs is 1. The Bertz CT molecular complexity index is 557. The summed E-state index contributed by atoms with van der Waals surface area (Å²) >= 11 is 0. The van der Waals surface area contributed by atoms with Crippen molar-refractivity contribution in [1.82, 2.24) is 0 Å². The van der Waals surface area contributed by atoms with Crippen LogP contribution in [0, 0.1) is 11.3 Å². The maximum Gasteiger partial charge on any atom is 0.342 e. The molecule has 1 fully saturated rings. The van der Waals surface area contributed by atoms with E-state index in [4.69, 9.17) is 4.74 Å². The molecule has 4 atom stereocenters. The van der Waals surface area contributed by atoms with Gasteiger partial charge < -0.3 is 14.6 Å². The Hall–Kier alpha value is -1.46. The molecule has 0 amide bonds. The van der Waals surface area contributed by atoms with Crippen LogP contribution < -0.4 is 0 Å². The second-order valence-electron chi connectivity index (χ2n) is 6.57. The fraction of sp³-hybridized carbons (Fsp3) is 0.647. The van der Waals surface area contributed by atoms with Crippen molar-refractivity contribution in [3.63, 3.8) is 0 Å². The van der Waals surface area contributed by atoms with Gasteiger partial charge in [0.05, 0.1) is 13.2 Å². The van der Waals surface area contributed by atoms with Gasteiger partial charge in [0.2, 0.25) is 0 Å². The molecule has 4 unspecified atom stereocenters. The van der Waals surface area contributed by atoms with E-state index in [-0.39, 0.29) is 23.4 Å². The van der Waals surface area contributed by atoms with Crippen LogP contribution in [0.2, 0.25) is 0 Å². The van der Waals surface area contributed by atoms with Crippen LogP contribution in [0.15, 0.2) is 23.3 Å². The summed E-state index contributed by atoms with van der Waals surface area (Å²) in [4.78, 5) is 24.3. The third-order valence-corrected chi connectivity index (χ3v) is 5.24. The molecule has 1 saturated carbocycles. The molecule has 0 aromatic rings. The topological polar surface area (TPSA) is 72.8 Å². The standard InChI is InChI=1S/C17H24O5/c1-10-6-7-14(21-4)11-8-13(18)12(9-16(10,11)2)17(3,20)15(19)22-5/h8-10,14,20H,6-7H2,1-5H3. The number of esters is 1. The van der Waals surface area contributed by atoms with Crippen LogP contribution in [0.3, 0.4) is 0 Å². The predicted octanol–water partition coefficient (Wildman–Crippen LogP) is 1.80. The maximum absolute atomic E-state index is 12.5. The van der Waals surface area contributed by atoms with Gasteiger partial charge in [-0.1, -0.05) is 19.9 Å². The molecule has 122 valence electrons. The molecular weight excluding hydrogens is 284 g/mol. The number of allylic oxidation sites excluding steroid dienone is 2. The lowest BCUT2D eigenvalue weighted by Crippen LogP contribution is -2.46. The normalized spacial score (nSPS) is 34.2. The van der Waals surface area contributed by atoms with E-state index in [1.54, 1.807) is 13.2 Å². The molecule has 0 saturated heterocycles. The van der Waals surface area contributed by atoms with Crippen molar-refractivity contribution in [2.75, 3.05) is 14.2 Å². The number of hydrogen-bond acceptors (Lipinski definition) is 5. The van der Waals surface area contributed by atoms with Crippen LogP contribution in [-0.2, 0) is 19.1 Å². The van der Waals surface area contributed by atoms with Crippen LogP contribution in [0.1, 0.15) is 33.6 Å². The average molecular weight is 308 g/mol. The highest BCUT2D eigenvalue weighted by Crippen LogP contribution is 2.50. The average Bonchev–Trinajstić information content (AvgIpc) is 2.48. The summed E-state index contributed by atoms with van der Waals surface area (Å²) in [5.74, 6) is -0.917. The molecule has 0 radical (unpaired) electrons. The van der Waals surface area contributed by atoms with Crippen LogP contribution in [0.5, 0.6) is 0 Å². The maximum atomic E-state index is 12.5. The second-order valence-corrected chi connectivity index (χ2v) is 6.57. The monoisotopic (exact) mass is 308 g/mol. The molecule has 0 bridgehead atoms. The first-order chi connectivity index (χ1) is 10.2.